The van der Waals surface area contributed by atoms with E-state index in [-0.39, 0.29) is 37.2 Å². The number of carbonyl (C=O) groups excluding carboxylic acids is 1. The Bertz CT molecular complexity index is 331. The molecule has 0 saturated heterocycles. The van der Waals surface area contributed by atoms with E-state index < -0.39 is 16.0 Å². The lowest BCUT2D eigenvalue weighted by Gasteiger charge is -2.20. The number of hydrogen-bond donors (Lipinski definition) is 0. The molecule has 7 heteroatoms. The summed E-state index contributed by atoms with van der Waals surface area (Å²) in [5, 5.41) is 0. The zero-order valence-electron chi connectivity index (χ0n) is 10.5. The second-order valence-electron chi connectivity index (χ2n) is 3.77. The summed E-state index contributed by atoms with van der Waals surface area (Å²) >= 11 is 5.59. The smallest absolute Gasteiger partial charge is 0.321 e. The van der Waals surface area contributed by atoms with E-state index in [2.05, 4.69) is 0 Å². The minimum atomic E-state index is -3.45. The van der Waals surface area contributed by atoms with Crippen molar-refractivity contribution in [3.05, 3.63) is 0 Å². The number of hydrogen-bond acceptors (Lipinski definition) is 4. The molecule has 17 heavy (non-hydrogen) atoms. The number of halogens is 1. The van der Waals surface area contributed by atoms with Gasteiger partial charge in [-0.15, -0.1) is 11.6 Å². The first kappa shape index (κ1) is 16.7. The second-order valence-corrected chi connectivity index (χ2v) is 6.09. The Morgan fingerprint density at radius 2 is 2.00 bits per heavy atom. The standard InChI is InChI=1S/C10H20ClNO4S/c1-4-12(7-10(13)16-5-2)17(14,15)8-9(3)6-11/h9H,4-8H2,1-3H3. The molecule has 0 rings (SSSR count). The number of sulfonamides is 1. The van der Waals surface area contributed by atoms with Gasteiger partial charge in [-0.25, -0.2) is 8.42 Å². The molecule has 0 aromatic rings. The third-order valence-electron chi connectivity index (χ3n) is 2.12. The lowest BCUT2D eigenvalue weighted by atomic mass is 10.3. The van der Waals surface area contributed by atoms with E-state index in [1.54, 1.807) is 20.8 Å². The van der Waals surface area contributed by atoms with Crippen LogP contribution < -0.4 is 0 Å². The fourth-order valence-electron chi connectivity index (χ4n) is 1.27. The topological polar surface area (TPSA) is 63.7 Å². The summed E-state index contributed by atoms with van der Waals surface area (Å²) in [6.07, 6.45) is 0. The first-order valence-corrected chi connectivity index (χ1v) is 7.71. The molecule has 0 fully saturated rings. The molecule has 0 amide bonds. The van der Waals surface area contributed by atoms with Crippen molar-refractivity contribution in [2.24, 2.45) is 5.92 Å². The largest absolute Gasteiger partial charge is 0.465 e. The van der Waals surface area contributed by atoms with Crippen LogP contribution in [0.5, 0.6) is 0 Å². The molecule has 1 unspecified atom stereocenters. The van der Waals surface area contributed by atoms with Crippen LogP contribution in [0.4, 0.5) is 0 Å². The van der Waals surface area contributed by atoms with Crippen molar-refractivity contribution in [1.82, 2.24) is 4.31 Å². The molecule has 102 valence electrons. The highest BCUT2D eigenvalue weighted by Gasteiger charge is 2.25. The molecule has 0 aromatic carbocycles. The van der Waals surface area contributed by atoms with Crippen LogP contribution in [0.2, 0.25) is 0 Å². The van der Waals surface area contributed by atoms with Crippen molar-refractivity contribution in [2.45, 2.75) is 20.8 Å². The van der Waals surface area contributed by atoms with E-state index in [0.717, 1.165) is 4.31 Å². The predicted octanol–water partition coefficient (Wildman–Crippen LogP) is 1.08. The Balaban J connectivity index is 4.58. The number of alkyl halides is 1. The molecule has 0 N–H and O–H groups in total. The maximum atomic E-state index is 11.9. The summed E-state index contributed by atoms with van der Waals surface area (Å²) in [5.41, 5.74) is 0. The van der Waals surface area contributed by atoms with Crippen LogP contribution >= 0.6 is 11.6 Å². The number of carbonyl (C=O) groups is 1. The molecule has 0 heterocycles. The monoisotopic (exact) mass is 285 g/mol. The number of rotatable bonds is 8. The van der Waals surface area contributed by atoms with Gasteiger partial charge in [0.15, 0.2) is 0 Å². The molecular weight excluding hydrogens is 266 g/mol. The Hall–Kier alpha value is -0.330. The van der Waals surface area contributed by atoms with E-state index in [4.69, 9.17) is 16.3 Å². The summed E-state index contributed by atoms with van der Waals surface area (Å²) in [6, 6.07) is 0. The molecule has 0 aliphatic rings. The Labute approximate surface area is 108 Å². The number of ether oxygens (including phenoxy) is 1. The Morgan fingerprint density at radius 3 is 2.41 bits per heavy atom. The highest BCUT2D eigenvalue weighted by molar-refractivity contribution is 7.89. The first-order chi connectivity index (χ1) is 7.87. The van der Waals surface area contributed by atoms with Crippen LogP contribution in [0.3, 0.4) is 0 Å². The van der Waals surface area contributed by atoms with Gasteiger partial charge >= 0.3 is 5.97 Å². The van der Waals surface area contributed by atoms with Gasteiger partial charge in [0.2, 0.25) is 10.0 Å². The van der Waals surface area contributed by atoms with Crippen LogP contribution in [0, 0.1) is 5.92 Å². The van der Waals surface area contributed by atoms with Crippen molar-refractivity contribution in [2.75, 3.05) is 31.3 Å². The molecule has 1 atom stereocenters. The van der Waals surface area contributed by atoms with Gasteiger partial charge in [-0.1, -0.05) is 13.8 Å². The molecule has 0 radical (unpaired) electrons. The molecule has 0 aliphatic heterocycles. The number of esters is 1. The molecular formula is C10H20ClNO4S. The summed E-state index contributed by atoms with van der Waals surface area (Å²) in [6.45, 7) is 5.37. The van der Waals surface area contributed by atoms with Gasteiger partial charge in [-0.2, -0.15) is 4.31 Å². The van der Waals surface area contributed by atoms with Gasteiger partial charge in [0, 0.05) is 12.4 Å². The van der Waals surface area contributed by atoms with E-state index in [1.807, 2.05) is 0 Å². The Morgan fingerprint density at radius 1 is 1.41 bits per heavy atom. The zero-order chi connectivity index (χ0) is 13.5. The average molecular weight is 286 g/mol. The minimum absolute atomic E-state index is 0.0518. The van der Waals surface area contributed by atoms with Crippen molar-refractivity contribution < 1.29 is 17.9 Å². The predicted molar refractivity (Wildman–Crippen MR) is 67.6 cm³/mol. The lowest BCUT2D eigenvalue weighted by Crippen LogP contribution is -2.39. The van der Waals surface area contributed by atoms with Crippen LogP contribution in [-0.4, -0.2) is 50.0 Å². The average Bonchev–Trinajstić information content (AvgIpc) is 2.25. The van der Waals surface area contributed by atoms with Gasteiger partial charge < -0.3 is 4.74 Å². The molecule has 0 saturated carbocycles. The quantitative estimate of drug-likeness (QED) is 0.494. The van der Waals surface area contributed by atoms with E-state index in [9.17, 15) is 13.2 Å². The highest BCUT2D eigenvalue weighted by atomic mass is 35.5. The van der Waals surface area contributed by atoms with E-state index in [1.165, 1.54) is 0 Å². The van der Waals surface area contributed by atoms with Gasteiger partial charge in [0.05, 0.1) is 12.4 Å². The van der Waals surface area contributed by atoms with Crippen LogP contribution in [-0.2, 0) is 19.6 Å². The molecule has 0 bridgehead atoms. The van der Waals surface area contributed by atoms with Crippen molar-refractivity contribution in [3.8, 4) is 0 Å². The van der Waals surface area contributed by atoms with Gasteiger partial charge in [0.1, 0.15) is 6.54 Å². The first-order valence-electron chi connectivity index (χ1n) is 5.56. The van der Waals surface area contributed by atoms with Crippen molar-refractivity contribution in [3.63, 3.8) is 0 Å². The summed E-state index contributed by atoms with van der Waals surface area (Å²) in [5.74, 6) is -0.450. The van der Waals surface area contributed by atoms with Crippen LogP contribution in [0.15, 0.2) is 0 Å². The normalized spacial score (nSPS) is 13.7. The number of nitrogens with zero attached hydrogens (tertiary/aromatic N) is 1. The van der Waals surface area contributed by atoms with E-state index in [0.29, 0.717) is 0 Å². The fourth-order valence-corrected chi connectivity index (χ4v) is 3.25. The van der Waals surface area contributed by atoms with Gasteiger partial charge in [0.25, 0.3) is 0 Å². The lowest BCUT2D eigenvalue weighted by molar-refractivity contribution is -0.143. The van der Waals surface area contributed by atoms with Gasteiger partial charge in [-0.05, 0) is 12.8 Å². The number of likely N-dealkylation sites (N-methyl/N-ethyl adjacent to an activating group) is 1. The summed E-state index contributed by atoms with van der Waals surface area (Å²) in [7, 11) is -3.45. The zero-order valence-corrected chi connectivity index (χ0v) is 12.1. The minimum Gasteiger partial charge on any atom is -0.465 e. The maximum absolute atomic E-state index is 11.9. The van der Waals surface area contributed by atoms with Crippen LogP contribution in [0.25, 0.3) is 0 Å². The molecule has 0 aromatic heterocycles. The third-order valence-corrected chi connectivity index (χ3v) is 4.81. The summed E-state index contributed by atoms with van der Waals surface area (Å²) < 4.78 is 29.7. The highest BCUT2D eigenvalue weighted by Crippen LogP contribution is 2.09. The summed E-state index contributed by atoms with van der Waals surface area (Å²) in [4.78, 5) is 11.3. The van der Waals surface area contributed by atoms with Crippen molar-refractivity contribution in [1.29, 1.82) is 0 Å². The van der Waals surface area contributed by atoms with E-state index >= 15 is 0 Å². The fraction of sp³-hybridized carbons (Fsp3) is 0.900. The Kier molecular flexibility index (Phi) is 7.74. The third kappa shape index (κ3) is 6.24. The van der Waals surface area contributed by atoms with Crippen LogP contribution in [0.1, 0.15) is 20.8 Å². The second kappa shape index (κ2) is 7.89. The maximum Gasteiger partial charge on any atom is 0.321 e. The van der Waals surface area contributed by atoms with Crippen molar-refractivity contribution >= 4 is 27.6 Å². The SMILES string of the molecule is CCOC(=O)CN(CC)S(=O)(=O)CC(C)CCl. The molecule has 0 spiro atoms. The van der Waals surface area contributed by atoms with Gasteiger partial charge in [-0.3, -0.25) is 4.79 Å². The molecule has 0 aliphatic carbocycles. The molecule has 5 nitrogen and oxygen atoms in total.